The normalized spacial score (nSPS) is 28.0. The molecular formula is C33H37BrClN3O5. The second-order valence-corrected chi connectivity index (χ2v) is 12.9. The minimum atomic E-state index is -1.27. The first kappa shape index (κ1) is 31.4. The maximum atomic E-state index is 14.7. The minimum Gasteiger partial charge on any atom is -0.394 e. The van der Waals surface area contributed by atoms with Crippen LogP contribution >= 0.6 is 27.5 Å². The number of likely N-dealkylation sites (tertiary alicyclic amines) is 1. The Morgan fingerprint density at radius 3 is 2.44 bits per heavy atom. The van der Waals surface area contributed by atoms with Crippen molar-refractivity contribution in [1.29, 1.82) is 0 Å². The molecule has 3 unspecified atom stereocenters. The van der Waals surface area contributed by atoms with Crippen LogP contribution in [0, 0.1) is 11.8 Å². The summed E-state index contributed by atoms with van der Waals surface area (Å²) in [5, 5.41) is 10.8. The maximum Gasteiger partial charge on any atom is 0.253 e. The summed E-state index contributed by atoms with van der Waals surface area (Å²) in [5.74, 6) is -2.68. The minimum absolute atomic E-state index is 0.144. The number of nitrogens with zero attached hydrogens (tertiary/aromatic N) is 3. The summed E-state index contributed by atoms with van der Waals surface area (Å²) < 4.78 is 6.71. The summed E-state index contributed by atoms with van der Waals surface area (Å²) in [6.07, 6.45) is 3.44. The molecule has 0 aliphatic carbocycles. The Labute approximate surface area is 266 Å². The molecule has 1 N–H and O–H groups in total. The molecule has 5 rings (SSSR count). The van der Waals surface area contributed by atoms with Crippen molar-refractivity contribution in [3.05, 3.63) is 90.5 Å². The average molecular weight is 671 g/mol. The number of carbonyl (C=O) groups excluding carboxylic acids is 3. The fourth-order valence-corrected chi connectivity index (χ4v) is 8.27. The number of alkyl halides is 1. The number of amides is 3. The number of aliphatic hydroxyl groups excluding tert-OH is 1. The Hall–Kier alpha value is -2.98. The summed E-state index contributed by atoms with van der Waals surface area (Å²) in [6.45, 7) is 10.00. The van der Waals surface area contributed by atoms with Gasteiger partial charge in [0, 0.05) is 24.5 Å². The molecule has 8 nitrogen and oxygen atoms in total. The van der Waals surface area contributed by atoms with Crippen molar-refractivity contribution in [1.82, 2.24) is 9.80 Å². The molecule has 7 atom stereocenters. The van der Waals surface area contributed by atoms with Crippen molar-refractivity contribution in [2.45, 2.75) is 54.9 Å². The predicted molar refractivity (Wildman–Crippen MR) is 170 cm³/mol. The zero-order valence-electron chi connectivity index (χ0n) is 24.1. The highest BCUT2D eigenvalue weighted by Gasteiger charge is 2.77. The van der Waals surface area contributed by atoms with Gasteiger partial charge in [0.25, 0.3) is 5.91 Å². The van der Waals surface area contributed by atoms with E-state index in [1.165, 1.54) is 9.80 Å². The smallest absolute Gasteiger partial charge is 0.253 e. The number of carbonyl (C=O) groups is 3. The first-order valence-electron chi connectivity index (χ1n) is 14.6. The number of benzene rings is 2. The van der Waals surface area contributed by atoms with Gasteiger partial charge < -0.3 is 24.5 Å². The quantitative estimate of drug-likeness (QED) is 0.264. The van der Waals surface area contributed by atoms with Crippen molar-refractivity contribution >= 4 is 50.9 Å². The summed E-state index contributed by atoms with van der Waals surface area (Å²) in [6, 6.07) is 14.9. The highest BCUT2D eigenvalue weighted by Crippen LogP contribution is 2.61. The van der Waals surface area contributed by atoms with Crippen LogP contribution in [0.2, 0.25) is 5.02 Å². The molecule has 3 aliphatic heterocycles. The van der Waals surface area contributed by atoms with Gasteiger partial charge in [0.15, 0.2) is 0 Å². The average Bonchev–Trinajstić information content (AvgIpc) is 3.60. The van der Waals surface area contributed by atoms with Crippen LogP contribution in [0.15, 0.2) is 79.9 Å². The van der Waals surface area contributed by atoms with Crippen LogP contribution in [-0.2, 0) is 25.7 Å². The van der Waals surface area contributed by atoms with Crippen LogP contribution in [0.1, 0.15) is 25.3 Å². The lowest BCUT2D eigenvalue weighted by molar-refractivity contribution is -0.147. The molecule has 43 heavy (non-hydrogen) atoms. The lowest BCUT2D eigenvalue weighted by Crippen LogP contribution is -2.59. The molecule has 0 aromatic heterocycles. The van der Waals surface area contributed by atoms with Gasteiger partial charge in [0.1, 0.15) is 11.6 Å². The Balaban J connectivity index is 1.59. The van der Waals surface area contributed by atoms with E-state index in [-0.39, 0.29) is 36.3 Å². The number of rotatable bonds is 12. The molecule has 3 heterocycles. The van der Waals surface area contributed by atoms with Crippen LogP contribution in [0.5, 0.6) is 0 Å². The molecule has 3 fully saturated rings. The number of hydrogen-bond acceptors (Lipinski definition) is 5. The third kappa shape index (κ3) is 5.35. The van der Waals surface area contributed by atoms with Gasteiger partial charge in [0.2, 0.25) is 11.8 Å². The van der Waals surface area contributed by atoms with Crippen LogP contribution in [-0.4, -0.2) is 80.9 Å². The Morgan fingerprint density at radius 2 is 1.81 bits per heavy atom. The van der Waals surface area contributed by atoms with Crippen molar-refractivity contribution < 1.29 is 24.2 Å². The summed E-state index contributed by atoms with van der Waals surface area (Å²) >= 11 is 10.3. The van der Waals surface area contributed by atoms with Gasteiger partial charge in [0.05, 0.1) is 41.3 Å². The second-order valence-electron chi connectivity index (χ2n) is 11.3. The second kappa shape index (κ2) is 12.9. The van der Waals surface area contributed by atoms with Crippen molar-refractivity contribution in [2.75, 3.05) is 24.6 Å². The molecule has 2 aromatic rings. The zero-order valence-corrected chi connectivity index (χ0v) is 26.5. The lowest BCUT2D eigenvalue weighted by Gasteiger charge is -2.39. The summed E-state index contributed by atoms with van der Waals surface area (Å²) in [5.41, 5.74) is 0.155. The number of anilines is 1. The molecule has 0 saturated carbocycles. The molecule has 0 radical (unpaired) electrons. The number of hydrogen-bond donors (Lipinski definition) is 1. The van der Waals surface area contributed by atoms with Crippen molar-refractivity contribution in [3.63, 3.8) is 0 Å². The van der Waals surface area contributed by atoms with Crippen LogP contribution in [0.25, 0.3) is 0 Å². The van der Waals surface area contributed by atoms with E-state index in [0.717, 1.165) is 5.56 Å². The predicted octanol–water partition coefficient (Wildman–Crippen LogP) is 4.59. The SMILES string of the molecule is C=CCN(Cc1ccccc1)C(=O)[C@H]1[C@H]2C(=O)N([C@@H](CC)CO)C(C(=O)N(CC=C)c3ccccc3Cl)C23CC(Br)[C@@H]1O3. The number of fused-ring (bicyclic) bond motifs is 1. The van der Waals surface area contributed by atoms with E-state index >= 15 is 0 Å². The fraction of sp³-hybridized carbons (Fsp3) is 0.424. The Kier molecular flexibility index (Phi) is 9.46. The monoisotopic (exact) mass is 669 g/mol. The zero-order chi connectivity index (χ0) is 30.9. The highest BCUT2D eigenvalue weighted by atomic mass is 79.9. The van der Waals surface area contributed by atoms with E-state index < -0.39 is 41.5 Å². The first-order valence-corrected chi connectivity index (χ1v) is 15.9. The summed E-state index contributed by atoms with van der Waals surface area (Å²) in [7, 11) is 0. The molecule has 3 saturated heterocycles. The third-order valence-electron chi connectivity index (χ3n) is 8.92. The summed E-state index contributed by atoms with van der Waals surface area (Å²) in [4.78, 5) is 48.0. The Bertz CT molecular complexity index is 1390. The van der Waals surface area contributed by atoms with Gasteiger partial charge in [-0.2, -0.15) is 0 Å². The number of halogens is 2. The van der Waals surface area contributed by atoms with Gasteiger partial charge in [-0.05, 0) is 30.5 Å². The van der Waals surface area contributed by atoms with Crippen molar-refractivity contribution in [2.24, 2.45) is 11.8 Å². The van der Waals surface area contributed by atoms with Crippen LogP contribution < -0.4 is 4.90 Å². The van der Waals surface area contributed by atoms with E-state index in [1.807, 2.05) is 37.3 Å². The third-order valence-corrected chi connectivity index (χ3v) is 10.1. The van der Waals surface area contributed by atoms with Gasteiger partial charge >= 0.3 is 0 Å². The van der Waals surface area contributed by atoms with Gasteiger partial charge in [-0.1, -0.05) is 89.1 Å². The van der Waals surface area contributed by atoms with Gasteiger partial charge in [-0.25, -0.2) is 0 Å². The molecule has 228 valence electrons. The van der Waals surface area contributed by atoms with Crippen LogP contribution in [0.3, 0.4) is 0 Å². The molecule has 3 aliphatic rings. The molecular weight excluding hydrogens is 634 g/mol. The van der Waals surface area contributed by atoms with Gasteiger partial charge in [-0.15, -0.1) is 13.2 Å². The van der Waals surface area contributed by atoms with E-state index in [0.29, 0.717) is 30.1 Å². The molecule has 1 spiro atoms. The van der Waals surface area contributed by atoms with Gasteiger partial charge in [-0.3, -0.25) is 14.4 Å². The molecule has 10 heteroatoms. The van der Waals surface area contributed by atoms with Crippen molar-refractivity contribution in [3.8, 4) is 0 Å². The number of para-hydroxylation sites is 1. The number of aliphatic hydroxyl groups is 1. The standard InChI is InChI=1S/C33H37BrClN3O5/c1-4-16-36(19-21-12-8-7-9-13-21)30(40)26-27-31(41)38(22(6-3)20-39)29(33(27)18-23(34)28(26)43-33)32(42)37(17-5-2)25-15-11-10-14-24(25)35/h4-5,7-15,22-23,26-29,39H,1-2,6,16-20H2,3H3/t22-,23?,26-,27-,28-,29?,33?/m0/s1. The van der Waals surface area contributed by atoms with E-state index in [4.69, 9.17) is 16.3 Å². The first-order chi connectivity index (χ1) is 20.7. The van der Waals surface area contributed by atoms with E-state index in [2.05, 4.69) is 29.1 Å². The molecule has 2 bridgehead atoms. The topological polar surface area (TPSA) is 90.4 Å². The van der Waals surface area contributed by atoms with E-state index in [1.54, 1.807) is 41.3 Å². The number of ether oxygens (including phenoxy) is 1. The highest BCUT2D eigenvalue weighted by molar-refractivity contribution is 9.09. The lowest BCUT2D eigenvalue weighted by atomic mass is 9.70. The van der Waals surface area contributed by atoms with E-state index in [9.17, 15) is 19.5 Å². The van der Waals surface area contributed by atoms with Crippen LogP contribution in [0.4, 0.5) is 5.69 Å². The maximum absolute atomic E-state index is 14.7. The molecule has 2 aromatic carbocycles. The largest absolute Gasteiger partial charge is 0.394 e. The molecule has 3 amide bonds. The fourth-order valence-electron chi connectivity index (χ4n) is 7.09. The Morgan fingerprint density at radius 1 is 1.14 bits per heavy atom.